The molecule has 3 heterocycles. The van der Waals surface area contributed by atoms with Crippen LogP contribution < -0.4 is 4.90 Å². The van der Waals surface area contributed by atoms with Gasteiger partial charge in [0, 0.05) is 24.6 Å². The normalized spacial score (nSPS) is 25.5. The van der Waals surface area contributed by atoms with Crippen LogP contribution in [0.5, 0.6) is 0 Å². The Hall–Kier alpha value is -1.20. The third kappa shape index (κ3) is 2.40. The van der Waals surface area contributed by atoms with E-state index < -0.39 is 0 Å². The highest BCUT2D eigenvalue weighted by Gasteiger charge is 2.27. The molecule has 0 spiro atoms. The Bertz CT molecular complexity index is 684. The van der Waals surface area contributed by atoms with Gasteiger partial charge in [-0.15, -0.1) is 11.3 Å². The molecule has 2 aliphatic rings. The maximum atomic E-state index is 9.49. The Morgan fingerprint density at radius 1 is 1.36 bits per heavy atom. The number of thiophene rings is 1. The van der Waals surface area contributed by atoms with E-state index in [1.54, 1.807) is 6.33 Å². The SMILES string of the molecule is C[C@@H]1CCc2c(sc3ncnc(N4CCC[C@H](CO)C4)c23)C1. The van der Waals surface area contributed by atoms with Crippen molar-refractivity contribution >= 4 is 27.4 Å². The first-order chi connectivity index (χ1) is 10.8. The number of nitrogens with zero attached hydrogens (tertiary/aromatic N) is 3. The fraction of sp³-hybridized carbons (Fsp3) is 0.647. The van der Waals surface area contributed by atoms with Crippen LogP contribution >= 0.6 is 11.3 Å². The quantitative estimate of drug-likeness (QED) is 0.925. The Morgan fingerprint density at radius 3 is 3.14 bits per heavy atom. The standard InChI is InChI=1S/C17H23N3OS/c1-11-4-5-13-14(7-11)22-17-15(13)16(18-10-19-17)20-6-2-3-12(8-20)9-21/h10-12,21H,2-9H2,1H3/t11-,12+/m1/s1. The van der Waals surface area contributed by atoms with E-state index in [0.29, 0.717) is 5.92 Å². The maximum Gasteiger partial charge on any atom is 0.141 e. The largest absolute Gasteiger partial charge is 0.396 e. The van der Waals surface area contributed by atoms with Gasteiger partial charge in [-0.3, -0.25) is 0 Å². The highest BCUT2D eigenvalue weighted by Crippen LogP contribution is 2.41. The predicted octanol–water partition coefficient (Wildman–Crippen LogP) is 3.02. The van der Waals surface area contributed by atoms with Crippen LogP contribution in [-0.4, -0.2) is 34.8 Å². The van der Waals surface area contributed by atoms with Crippen molar-refractivity contribution < 1.29 is 5.11 Å². The highest BCUT2D eigenvalue weighted by atomic mass is 32.1. The van der Waals surface area contributed by atoms with E-state index in [2.05, 4.69) is 21.8 Å². The van der Waals surface area contributed by atoms with Crippen LogP contribution in [0.1, 0.15) is 36.6 Å². The van der Waals surface area contributed by atoms with Crippen molar-refractivity contribution in [3.63, 3.8) is 0 Å². The molecular formula is C17H23N3OS. The van der Waals surface area contributed by atoms with Crippen LogP contribution in [0.15, 0.2) is 6.33 Å². The lowest BCUT2D eigenvalue weighted by molar-refractivity contribution is 0.208. The number of aromatic nitrogens is 2. The first kappa shape index (κ1) is 14.4. The number of aryl methyl sites for hydroxylation is 1. The van der Waals surface area contributed by atoms with Crippen molar-refractivity contribution in [2.45, 2.75) is 39.0 Å². The molecule has 0 radical (unpaired) electrons. The molecule has 0 amide bonds. The molecule has 1 aliphatic carbocycles. The Morgan fingerprint density at radius 2 is 2.27 bits per heavy atom. The minimum atomic E-state index is 0.282. The lowest BCUT2D eigenvalue weighted by atomic mass is 9.89. The van der Waals surface area contributed by atoms with E-state index in [9.17, 15) is 5.11 Å². The monoisotopic (exact) mass is 317 g/mol. The van der Waals surface area contributed by atoms with Crippen molar-refractivity contribution in [1.82, 2.24) is 9.97 Å². The average molecular weight is 317 g/mol. The molecule has 2 atom stereocenters. The van der Waals surface area contributed by atoms with Gasteiger partial charge in [0.15, 0.2) is 0 Å². The van der Waals surface area contributed by atoms with Crippen molar-refractivity contribution in [3.05, 3.63) is 16.8 Å². The lowest BCUT2D eigenvalue weighted by Crippen LogP contribution is -2.37. The van der Waals surface area contributed by atoms with E-state index in [-0.39, 0.29) is 6.61 Å². The average Bonchev–Trinajstić information content (AvgIpc) is 2.92. The third-order valence-electron chi connectivity index (χ3n) is 5.15. The number of anilines is 1. The summed E-state index contributed by atoms with van der Waals surface area (Å²) in [5.41, 5.74) is 1.50. The van der Waals surface area contributed by atoms with Gasteiger partial charge in [-0.25, -0.2) is 9.97 Å². The van der Waals surface area contributed by atoms with Gasteiger partial charge in [-0.05, 0) is 49.5 Å². The molecule has 0 bridgehead atoms. The molecule has 4 nitrogen and oxygen atoms in total. The van der Waals surface area contributed by atoms with Crippen molar-refractivity contribution in [3.8, 4) is 0 Å². The van der Waals surface area contributed by atoms with E-state index >= 15 is 0 Å². The number of piperidine rings is 1. The molecule has 1 N–H and O–H groups in total. The van der Waals surface area contributed by atoms with E-state index in [4.69, 9.17) is 0 Å². The van der Waals surface area contributed by atoms with Crippen LogP contribution in [0.2, 0.25) is 0 Å². The summed E-state index contributed by atoms with van der Waals surface area (Å²) in [6.45, 7) is 4.59. The zero-order valence-electron chi connectivity index (χ0n) is 13.1. The Kier molecular flexibility index (Phi) is 3.78. The molecule has 1 saturated heterocycles. The second-order valence-corrected chi connectivity index (χ2v) is 7.95. The number of fused-ring (bicyclic) bond motifs is 3. The summed E-state index contributed by atoms with van der Waals surface area (Å²) >= 11 is 1.86. The zero-order chi connectivity index (χ0) is 15.1. The smallest absolute Gasteiger partial charge is 0.141 e. The third-order valence-corrected chi connectivity index (χ3v) is 6.31. The minimum absolute atomic E-state index is 0.282. The first-order valence-electron chi connectivity index (χ1n) is 8.37. The molecular weight excluding hydrogens is 294 g/mol. The minimum Gasteiger partial charge on any atom is -0.396 e. The summed E-state index contributed by atoms with van der Waals surface area (Å²) in [7, 11) is 0. The summed E-state index contributed by atoms with van der Waals surface area (Å²) in [4.78, 5) is 14.2. The number of hydrogen-bond donors (Lipinski definition) is 1. The summed E-state index contributed by atoms with van der Waals surface area (Å²) in [5.74, 6) is 2.27. The summed E-state index contributed by atoms with van der Waals surface area (Å²) < 4.78 is 0. The Balaban J connectivity index is 1.78. The van der Waals surface area contributed by atoms with Crippen LogP contribution in [0, 0.1) is 11.8 Å². The number of aliphatic hydroxyl groups is 1. The van der Waals surface area contributed by atoms with E-state index in [0.717, 1.165) is 48.9 Å². The van der Waals surface area contributed by atoms with Gasteiger partial charge >= 0.3 is 0 Å². The van der Waals surface area contributed by atoms with Crippen LogP contribution in [0.4, 0.5) is 5.82 Å². The number of hydrogen-bond acceptors (Lipinski definition) is 5. The van der Waals surface area contributed by atoms with Crippen LogP contribution in [0.3, 0.4) is 0 Å². The van der Waals surface area contributed by atoms with Crippen molar-refractivity contribution in [2.24, 2.45) is 11.8 Å². The topological polar surface area (TPSA) is 49.2 Å². The van der Waals surface area contributed by atoms with Gasteiger partial charge in [0.1, 0.15) is 17.0 Å². The summed E-state index contributed by atoms with van der Waals surface area (Å²) in [6.07, 6.45) is 7.60. The van der Waals surface area contributed by atoms with Gasteiger partial charge in [0.25, 0.3) is 0 Å². The van der Waals surface area contributed by atoms with Crippen molar-refractivity contribution in [2.75, 3.05) is 24.6 Å². The molecule has 4 rings (SSSR count). The van der Waals surface area contributed by atoms with Gasteiger partial charge in [-0.2, -0.15) is 0 Å². The number of rotatable bonds is 2. The molecule has 22 heavy (non-hydrogen) atoms. The van der Waals surface area contributed by atoms with Crippen LogP contribution in [-0.2, 0) is 12.8 Å². The second kappa shape index (κ2) is 5.78. The first-order valence-corrected chi connectivity index (χ1v) is 9.19. The van der Waals surface area contributed by atoms with Gasteiger partial charge in [0.05, 0.1) is 5.39 Å². The molecule has 0 unspecified atom stereocenters. The molecule has 1 aliphatic heterocycles. The molecule has 0 saturated carbocycles. The molecule has 0 aromatic carbocycles. The fourth-order valence-electron chi connectivity index (χ4n) is 3.90. The molecule has 2 aromatic heterocycles. The van der Waals surface area contributed by atoms with Gasteiger partial charge in [0.2, 0.25) is 0 Å². The van der Waals surface area contributed by atoms with Gasteiger partial charge in [-0.1, -0.05) is 6.92 Å². The van der Waals surface area contributed by atoms with E-state index in [1.807, 2.05) is 11.3 Å². The maximum absolute atomic E-state index is 9.49. The number of aliphatic hydroxyl groups excluding tert-OH is 1. The van der Waals surface area contributed by atoms with E-state index in [1.165, 1.54) is 28.7 Å². The molecule has 1 fully saturated rings. The highest BCUT2D eigenvalue weighted by molar-refractivity contribution is 7.19. The van der Waals surface area contributed by atoms with Gasteiger partial charge < -0.3 is 10.0 Å². The molecule has 118 valence electrons. The second-order valence-electron chi connectivity index (χ2n) is 6.87. The summed E-state index contributed by atoms with van der Waals surface area (Å²) in [6, 6.07) is 0. The van der Waals surface area contributed by atoms with Crippen molar-refractivity contribution in [1.29, 1.82) is 0 Å². The lowest BCUT2D eigenvalue weighted by Gasteiger charge is -2.33. The Labute approximate surface area is 135 Å². The fourth-order valence-corrected chi connectivity index (χ4v) is 5.25. The summed E-state index contributed by atoms with van der Waals surface area (Å²) in [5, 5.41) is 10.8. The van der Waals surface area contributed by atoms with Crippen LogP contribution in [0.25, 0.3) is 10.2 Å². The zero-order valence-corrected chi connectivity index (χ0v) is 13.9. The predicted molar refractivity (Wildman–Crippen MR) is 90.6 cm³/mol. The molecule has 2 aromatic rings. The molecule has 5 heteroatoms.